The molecule has 0 aliphatic carbocycles. The Bertz CT molecular complexity index is 1370. The van der Waals surface area contributed by atoms with Gasteiger partial charge in [0, 0.05) is 25.4 Å². The lowest BCUT2D eigenvalue weighted by molar-refractivity contribution is -0.176. The molecular formula is C31H39F5N4O7. The Balaban J connectivity index is 1.97. The maximum absolute atomic E-state index is 14.5. The number of likely N-dealkylation sites (tertiary alicyclic amines) is 1. The van der Waals surface area contributed by atoms with E-state index in [1.165, 1.54) is 20.8 Å². The van der Waals surface area contributed by atoms with Gasteiger partial charge >= 0.3 is 12.1 Å². The molecule has 11 nitrogen and oxygen atoms in total. The lowest BCUT2D eigenvalue weighted by Gasteiger charge is -2.35. The van der Waals surface area contributed by atoms with Crippen LogP contribution in [-0.4, -0.2) is 89.7 Å². The second kappa shape index (κ2) is 14.9. The van der Waals surface area contributed by atoms with Crippen molar-refractivity contribution in [2.24, 2.45) is 11.3 Å². The van der Waals surface area contributed by atoms with Gasteiger partial charge in [-0.3, -0.25) is 28.8 Å². The molecule has 0 aromatic heterocycles. The molecule has 1 aromatic carbocycles. The molecular weight excluding hydrogens is 635 g/mol. The highest BCUT2D eigenvalue weighted by Crippen LogP contribution is 2.29. The van der Waals surface area contributed by atoms with E-state index in [1.54, 1.807) is 19.2 Å². The average molecular weight is 675 g/mol. The minimum atomic E-state index is -5.31. The van der Waals surface area contributed by atoms with E-state index in [1.807, 2.05) is 0 Å². The fraction of sp³-hybridized carbons (Fsp3) is 0.613. The van der Waals surface area contributed by atoms with Crippen LogP contribution >= 0.6 is 0 Å². The number of ketones is 2. The second-order valence-corrected chi connectivity index (χ2v) is 13.0. The summed E-state index contributed by atoms with van der Waals surface area (Å²) in [6.45, 7) is 7.68. The molecule has 3 rings (SSSR count). The third kappa shape index (κ3) is 9.32. The van der Waals surface area contributed by atoms with Crippen LogP contribution in [0.3, 0.4) is 0 Å². The van der Waals surface area contributed by atoms with Crippen molar-refractivity contribution in [2.45, 2.75) is 96.8 Å². The number of hydrogen-bond donors (Lipinski definition) is 3. The number of Topliss-reactive ketones (excluding diaryl/α,β-unsaturated/α-hetero) is 2. The minimum Gasteiger partial charge on any atom is -0.374 e. The zero-order chi connectivity index (χ0) is 35.4. The Labute approximate surface area is 268 Å². The third-order valence-electron chi connectivity index (χ3n) is 7.93. The molecule has 2 aliphatic heterocycles. The molecule has 47 heavy (non-hydrogen) atoms. The van der Waals surface area contributed by atoms with Crippen molar-refractivity contribution in [3.8, 4) is 0 Å². The second-order valence-electron chi connectivity index (χ2n) is 13.0. The van der Waals surface area contributed by atoms with Gasteiger partial charge in [0.15, 0.2) is 0 Å². The highest BCUT2D eigenvalue weighted by atomic mass is 19.4. The van der Waals surface area contributed by atoms with Crippen molar-refractivity contribution in [3.05, 3.63) is 35.4 Å². The molecule has 2 heterocycles. The average Bonchev–Trinajstić information content (AvgIpc) is 3.37. The van der Waals surface area contributed by atoms with Gasteiger partial charge in [0.25, 0.3) is 0 Å². The number of halogens is 5. The Morgan fingerprint density at radius 3 is 2.19 bits per heavy atom. The van der Waals surface area contributed by atoms with Gasteiger partial charge in [-0.25, -0.2) is 8.78 Å². The molecule has 0 saturated carbocycles. The summed E-state index contributed by atoms with van der Waals surface area (Å²) in [4.78, 5) is 79.5. The fourth-order valence-corrected chi connectivity index (χ4v) is 5.64. The quantitative estimate of drug-likeness (QED) is 0.186. The molecule has 16 heteroatoms. The Morgan fingerprint density at radius 2 is 1.66 bits per heavy atom. The zero-order valence-electron chi connectivity index (χ0n) is 26.6. The van der Waals surface area contributed by atoms with Crippen molar-refractivity contribution >= 4 is 35.2 Å². The van der Waals surface area contributed by atoms with Crippen molar-refractivity contribution in [2.75, 3.05) is 13.1 Å². The van der Waals surface area contributed by atoms with Crippen LogP contribution in [0.25, 0.3) is 0 Å². The molecule has 2 saturated heterocycles. The largest absolute Gasteiger partial charge is 0.471 e. The van der Waals surface area contributed by atoms with Crippen LogP contribution in [-0.2, 0) is 28.7 Å². The number of hydrogen-bond acceptors (Lipinski definition) is 7. The molecule has 1 aromatic rings. The molecule has 2 fully saturated rings. The summed E-state index contributed by atoms with van der Waals surface area (Å²) < 4.78 is 74.2. The van der Waals surface area contributed by atoms with Gasteiger partial charge in [0.2, 0.25) is 29.3 Å². The number of piperidine rings is 1. The van der Waals surface area contributed by atoms with Gasteiger partial charge in [-0.1, -0.05) is 26.8 Å². The number of carbonyl (C=O) groups excluding carboxylic acids is 6. The summed E-state index contributed by atoms with van der Waals surface area (Å²) in [5.74, 6) is -11.4. The maximum Gasteiger partial charge on any atom is 0.471 e. The van der Waals surface area contributed by atoms with E-state index in [0.29, 0.717) is 13.0 Å². The number of carbonyl (C=O) groups is 6. The standard InChI is InChI=1S/C31H39F5N4O7/c1-15(2)47-17-13-21(40(14-17)28(45)25(30(3,4)5)39-29(46)31(34,35)36)27(44)38-20(12-16-8-7-11-37-26(16)43)23(41)24(42)22-18(32)9-6-10-19(22)33/h6,9-10,15-17,20-21,25H,7-8,11-14H2,1-5H3,(H,37,43)(H,38,44)(H,39,46)/t16?,17-,20?,21+,25-/m1/s1. The summed E-state index contributed by atoms with van der Waals surface area (Å²) >= 11 is 0. The number of benzene rings is 1. The number of rotatable bonds is 11. The third-order valence-corrected chi connectivity index (χ3v) is 7.93. The van der Waals surface area contributed by atoms with Crippen LogP contribution in [0.2, 0.25) is 0 Å². The molecule has 0 bridgehead atoms. The van der Waals surface area contributed by atoms with Gasteiger partial charge in [-0.2, -0.15) is 13.2 Å². The first-order chi connectivity index (χ1) is 21.7. The molecule has 260 valence electrons. The smallest absolute Gasteiger partial charge is 0.374 e. The number of alkyl halides is 3. The van der Waals surface area contributed by atoms with Crippen molar-refractivity contribution in [1.29, 1.82) is 0 Å². The molecule has 3 N–H and O–H groups in total. The van der Waals surface area contributed by atoms with Crippen LogP contribution in [0.5, 0.6) is 0 Å². The molecule has 0 radical (unpaired) electrons. The lowest BCUT2D eigenvalue weighted by atomic mass is 9.85. The molecule has 5 atom stereocenters. The van der Waals surface area contributed by atoms with E-state index in [4.69, 9.17) is 4.74 Å². The van der Waals surface area contributed by atoms with E-state index in [9.17, 15) is 50.7 Å². The topological polar surface area (TPSA) is 151 Å². The number of nitrogens with zero attached hydrogens (tertiary/aromatic N) is 1. The van der Waals surface area contributed by atoms with Gasteiger partial charge in [-0.15, -0.1) is 0 Å². The van der Waals surface area contributed by atoms with Crippen LogP contribution in [0, 0.1) is 23.0 Å². The van der Waals surface area contributed by atoms with Gasteiger partial charge in [-0.05, 0) is 50.7 Å². The highest BCUT2D eigenvalue weighted by molar-refractivity contribution is 6.45. The molecule has 0 spiro atoms. The summed E-state index contributed by atoms with van der Waals surface area (Å²) in [5.41, 5.74) is -2.42. The number of ether oxygens (including phenoxy) is 1. The van der Waals surface area contributed by atoms with Gasteiger partial charge in [0.05, 0.1) is 23.8 Å². The van der Waals surface area contributed by atoms with Crippen LogP contribution < -0.4 is 16.0 Å². The molecule has 4 amide bonds. The number of nitrogens with one attached hydrogen (secondary N) is 3. The molecule has 2 aliphatic rings. The molecule has 2 unspecified atom stereocenters. The van der Waals surface area contributed by atoms with Gasteiger partial charge < -0.3 is 25.6 Å². The summed E-state index contributed by atoms with van der Waals surface area (Å²) in [6, 6.07) is -2.46. The minimum absolute atomic E-state index is 0.180. The van der Waals surface area contributed by atoms with Crippen molar-refractivity contribution in [3.63, 3.8) is 0 Å². The Kier molecular flexibility index (Phi) is 11.9. The Morgan fingerprint density at radius 1 is 1.04 bits per heavy atom. The SMILES string of the molecule is CC(C)O[C@@H]1C[C@@H](C(=O)NC(CC2CCCNC2=O)C(=O)C(=O)c2c(F)cccc2F)N(C(=O)[C@@H](NC(=O)C(F)(F)F)C(C)(C)C)C1. The monoisotopic (exact) mass is 674 g/mol. The lowest BCUT2D eigenvalue weighted by Crippen LogP contribution is -2.60. The zero-order valence-corrected chi connectivity index (χ0v) is 26.6. The normalized spacial score (nSPS) is 21.6. The van der Waals surface area contributed by atoms with Crippen molar-refractivity contribution < 1.29 is 55.5 Å². The Hall–Kier alpha value is -3.95. The predicted molar refractivity (Wildman–Crippen MR) is 156 cm³/mol. The van der Waals surface area contributed by atoms with Gasteiger partial charge in [0.1, 0.15) is 23.7 Å². The van der Waals surface area contributed by atoms with E-state index in [-0.39, 0.29) is 19.4 Å². The van der Waals surface area contributed by atoms with E-state index in [0.717, 1.165) is 23.1 Å². The summed E-state index contributed by atoms with van der Waals surface area (Å²) in [6.07, 6.45) is -6.30. The maximum atomic E-state index is 14.5. The first-order valence-corrected chi connectivity index (χ1v) is 15.2. The summed E-state index contributed by atoms with van der Waals surface area (Å²) in [7, 11) is 0. The van der Waals surface area contributed by atoms with Crippen LogP contribution in [0.1, 0.15) is 70.7 Å². The van der Waals surface area contributed by atoms with Crippen molar-refractivity contribution in [1.82, 2.24) is 20.9 Å². The highest BCUT2D eigenvalue weighted by Gasteiger charge is 2.49. The van der Waals surface area contributed by atoms with E-state index >= 15 is 0 Å². The van der Waals surface area contributed by atoms with E-state index < -0.39 is 107 Å². The van der Waals surface area contributed by atoms with Crippen LogP contribution in [0.15, 0.2) is 18.2 Å². The van der Waals surface area contributed by atoms with E-state index in [2.05, 4.69) is 10.6 Å². The number of amides is 4. The fourth-order valence-electron chi connectivity index (χ4n) is 5.64. The first-order valence-electron chi connectivity index (χ1n) is 15.2. The summed E-state index contributed by atoms with van der Waals surface area (Å²) in [5, 5.41) is 6.69. The predicted octanol–water partition coefficient (Wildman–Crippen LogP) is 2.61. The van der Waals surface area contributed by atoms with Crippen LogP contribution in [0.4, 0.5) is 22.0 Å². The first kappa shape index (κ1) is 37.5.